The van der Waals surface area contributed by atoms with Crippen LogP contribution in [0, 0.1) is 0 Å². The molecule has 1 aromatic rings. The Morgan fingerprint density at radius 3 is 2.56 bits per heavy atom. The van der Waals surface area contributed by atoms with E-state index in [1.165, 1.54) is 11.1 Å². The fourth-order valence-electron chi connectivity index (χ4n) is 1.83. The van der Waals surface area contributed by atoms with E-state index in [0.29, 0.717) is 26.2 Å². The minimum Gasteiger partial charge on any atom is -0.507 e. The molecule has 18 heavy (non-hydrogen) atoms. The maximum Gasteiger partial charge on any atom is 0.259 e. The highest BCUT2D eigenvalue weighted by Gasteiger charge is 2.23. The number of rotatable bonds is 2. The van der Waals surface area contributed by atoms with Crippen molar-refractivity contribution in [3.63, 3.8) is 0 Å². The molecule has 0 bridgehead atoms. The summed E-state index contributed by atoms with van der Waals surface area (Å²) in [4.78, 5) is 39.0. The van der Waals surface area contributed by atoms with Crippen molar-refractivity contribution in [2.45, 2.75) is 0 Å². The Bertz CT molecular complexity index is 517. The summed E-state index contributed by atoms with van der Waals surface area (Å²) in [5, 5.41) is 9.56. The van der Waals surface area contributed by atoms with Crippen LogP contribution in [-0.4, -0.2) is 58.4 Å². The Balaban J connectivity index is 2.12. The van der Waals surface area contributed by atoms with Crippen molar-refractivity contribution < 1.29 is 14.7 Å². The quantitative estimate of drug-likeness (QED) is 0.659. The van der Waals surface area contributed by atoms with Crippen LogP contribution in [0.5, 0.6) is 5.75 Å². The third-order valence-electron chi connectivity index (χ3n) is 2.88. The van der Waals surface area contributed by atoms with Crippen molar-refractivity contribution in [3.8, 4) is 5.75 Å². The molecule has 2 N–H and O–H groups in total. The van der Waals surface area contributed by atoms with Crippen LogP contribution in [-0.2, 0) is 4.79 Å². The van der Waals surface area contributed by atoms with Crippen molar-refractivity contribution in [1.29, 1.82) is 0 Å². The standard InChI is InChI=1S/C11H13N3O4/c15-7-13-1-3-14(4-2-13)11(18)8-6-12-10(17)5-9(8)16/h5-7H,1-4H2,(H2,12,16,17). The number of piperazine rings is 1. The molecule has 96 valence electrons. The summed E-state index contributed by atoms with van der Waals surface area (Å²) in [7, 11) is 0. The van der Waals surface area contributed by atoms with Gasteiger partial charge in [-0.2, -0.15) is 0 Å². The van der Waals surface area contributed by atoms with E-state index in [2.05, 4.69) is 4.98 Å². The highest BCUT2D eigenvalue weighted by atomic mass is 16.3. The molecular weight excluding hydrogens is 238 g/mol. The van der Waals surface area contributed by atoms with Gasteiger partial charge in [-0.15, -0.1) is 0 Å². The Morgan fingerprint density at radius 1 is 1.33 bits per heavy atom. The number of aromatic hydroxyl groups is 1. The number of nitrogens with zero attached hydrogens (tertiary/aromatic N) is 2. The normalized spacial score (nSPS) is 15.6. The number of amides is 2. The lowest BCUT2D eigenvalue weighted by Crippen LogP contribution is -2.48. The third-order valence-corrected chi connectivity index (χ3v) is 2.88. The molecule has 0 radical (unpaired) electrons. The van der Waals surface area contributed by atoms with Gasteiger partial charge in [0.25, 0.3) is 11.5 Å². The van der Waals surface area contributed by atoms with E-state index >= 15 is 0 Å². The monoisotopic (exact) mass is 251 g/mol. The number of aromatic nitrogens is 1. The lowest BCUT2D eigenvalue weighted by Gasteiger charge is -2.32. The first-order valence-corrected chi connectivity index (χ1v) is 5.52. The second-order valence-corrected chi connectivity index (χ2v) is 4.03. The molecule has 0 atom stereocenters. The number of hydrogen-bond donors (Lipinski definition) is 2. The van der Waals surface area contributed by atoms with Crippen LogP contribution in [0.4, 0.5) is 0 Å². The van der Waals surface area contributed by atoms with Crippen molar-refractivity contribution >= 4 is 12.3 Å². The van der Waals surface area contributed by atoms with E-state index in [0.717, 1.165) is 12.5 Å². The van der Waals surface area contributed by atoms with Crippen molar-refractivity contribution in [3.05, 3.63) is 28.2 Å². The van der Waals surface area contributed by atoms with E-state index in [1.807, 2.05) is 0 Å². The van der Waals surface area contributed by atoms with Gasteiger partial charge in [0, 0.05) is 38.4 Å². The summed E-state index contributed by atoms with van der Waals surface area (Å²) in [6, 6.07) is 0.967. The van der Waals surface area contributed by atoms with Gasteiger partial charge < -0.3 is 19.9 Å². The summed E-state index contributed by atoms with van der Waals surface area (Å²) in [5.41, 5.74) is -0.399. The van der Waals surface area contributed by atoms with Gasteiger partial charge in [-0.1, -0.05) is 0 Å². The Labute approximate surface area is 103 Å². The Morgan fingerprint density at radius 2 is 2.00 bits per heavy atom. The molecule has 0 spiro atoms. The first kappa shape index (κ1) is 12.2. The highest BCUT2D eigenvalue weighted by molar-refractivity contribution is 5.96. The largest absolute Gasteiger partial charge is 0.507 e. The smallest absolute Gasteiger partial charge is 0.259 e. The fraction of sp³-hybridized carbons (Fsp3) is 0.364. The SMILES string of the molecule is O=CN1CCN(C(=O)c2c[nH]c(=O)cc2O)CC1. The summed E-state index contributed by atoms with van der Waals surface area (Å²) in [6.07, 6.45) is 1.95. The third kappa shape index (κ3) is 2.34. The molecule has 2 amide bonds. The molecule has 1 aliphatic rings. The van der Waals surface area contributed by atoms with Crippen LogP contribution in [0.15, 0.2) is 17.1 Å². The molecule has 7 heteroatoms. The number of H-pyrrole nitrogens is 1. The van der Waals surface area contributed by atoms with Gasteiger partial charge in [-0.05, 0) is 0 Å². The first-order valence-electron chi connectivity index (χ1n) is 5.52. The van der Waals surface area contributed by atoms with Crippen molar-refractivity contribution in [1.82, 2.24) is 14.8 Å². The van der Waals surface area contributed by atoms with Gasteiger partial charge in [0.1, 0.15) is 5.75 Å². The lowest BCUT2D eigenvalue weighted by molar-refractivity contribution is -0.119. The molecule has 0 aliphatic carbocycles. The lowest BCUT2D eigenvalue weighted by atomic mass is 10.2. The molecule has 1 aromatic heterocycles. The number of pyridine rings is 1. The number of carbonyl (C=O) groups is 2. The number of hydrogen-bond acceptors (Lipinski definition) is 4. The van der Waals surface area contributed by atoms with Crippen LogP contribution in [0.1, 0.15) is 10.4 Å². The Hall–Kier alpha value is -2.31. The molecule has 0 saturated carbocycles. The zero-order valence-electron chi connectivity index (χ0n) is 9.63. The van der Waals surface area contributed by atoms with Crippen molar-refractivity contribution in [2.75, 3.05) is 26.2 Å². The fourth-order valence-corrected chi connectivity index (χ4v) is 1.83. The van der Waals surface area contributed by atoms with Gasteiger partial charge in [-0.3, -0.25) is 14.4 Å². The Kier molecular flexibility index (Phi) is 3.31. The maximum absolute atomic E-state index is 12.1. The number of aromatic amines is 1. The molecule has 1 fully saturated rings. The molecule has 2 heterocycles. The van der Waals surface area contributed by atoms with E-state index in [-0.39, 0.29) is 17.2 Å². The molecule has 1 saturated heterocycles. The topological polar surface area (TPSA) is 93.7 Å². The predicted octanol–water partition coefficient (Wildman–Crippen LogP) is -1.01. The molecule has 7 nitrogen and oxygen atoms in total. The summed E-state index contributed by atoms with van der Waals surface area (Å²) in [6.45, 7) is 1.77. The zero-order chi connectivity index (χ0) is 13.1. The van der Waals surface area contributed by atoms with Crippen LogP contribution < -0.4 is 5.56 Å². The van der Waals surface area contributed by atoms with Crippen molar-refractivity contribution in [2.24, 2.45) is 0 Å². The van der Waals surface area contributed by atoms with Gasteiger partial charge in [0.15, 0.2) is 0 Å². The van der Waals surface area contributed by atoms with E-state index in [1.54, 1.807) is 4.90 Å². The maximum atomic E-state index is 12.1. The molecular formula is C11H13N3O4. The molecule has 2 rings (SSSR count). The van der Waals surface area contributed by atoms with Crippen LogP contribution in [0.3, 0.4) is 0 Å². The van der Waals surface area contributed by atoms with Gasteiger partial charge in [0.2, 0.25) is 6.41 Å². The summed E-state index contributed by atoms with van der Waals surface area (Å²) >= 11 is 0. The highest BCUT2D eigenvalue weighted by Crippen LogP contribution is 2.15. The molecule has 0 aromatic carbocycles. The second-order valence-electron chi connectivity index (χ2n) is 4.03. The first-order chi connectivity index (χ1) is 8.61. The predicted molar refractivity (Wildman–Crippen MR) is 62.3 cm³/mol. The average Bonchev–Trinajstić information content (AvgIpc) is 2.38. The van der Waals surface area contributed by atoms with Crippen LogP contribution in [0.25, 0.3) is 0 Å². The number of carbonyl (C=O) groups excluding carboxylic acids is 2. The van der Waals surface area contributed by atoms with E-state index < -0.39 is 5.56 Å². The van der Waals surface area contributed by atoms with Crippen LogP contribution >= 0.6 is 0 Å². The van der Waals surface area contributed by atoms with Gasteiger partial charge >= 0.3 is 0 Å². The van der Waals surface area contributed by atoms with Gasteiger partial charge in [0.05, 0.1) is 5.56 Å². The van der Waals surface area contributed by atoms with Gasteiger partial charge in [-0.25, -0.2) is 0 Å². The van der Waals surface area contributed by atoms with E-state index in [9.17, 15) is 19.5 Å². The minimum absolute atomic E-state index is 0.0640. The molecule has 0 unspecified atom stereocenters. The number of nitrogens with one attached hydrogen (secondary N) is 1. The molecule has 1 aliphatic heterocycles. The summed E-state index contributed by atoms with van der Waals surface area (Å²) < 4.78 is 0. The van der Waals surface area contributed by atoms with Crippen LogP contribution in [0.2, 0.25) is 0 Å². The average molecular weight is 251 g/mol. The second kappa shape index (κ2) is 4.91. The zero-order valence-corrected chi connectivity index (χ0v) is 9.63. The van der Waals surface area contributed by atoms with E-state index in [4.69, 9.17) is 0 Å². The minimum atomic E-state index is -0.463. The summed E-state index contributed by atoms with van der Waals surface area (Å²) in [5.74, 6) is -0.684.